The minimum Gasteiger partial charge on any atom is -0.327 e. The van der Waals surface area contributed by atoms with Gasteiger partial charge in [0.1, 0.15) is 0 Å². The molecule has 3 aromatic rings. The molecular formula is C21H31N5. The Balaban J connectivity index is 0.00000140. The van der Waals surface area contributed by atoms with Crippen LogP contribution in [0, 0.1) is 11.8 Å². The van der Waals surface area contributed by atoms with E-state index < -0.39 is 0 Å². The first kappa shape index (κ1) is 17.2. The molecule has 1 saturated carbocycles. The third-order valence-electron chi connectivity index (χ3n) is 5.59. The first-order chi connectivity index (χ1) is 12.6. The van der Waals surface area contributed by atoms with Crippen LogP contribution in [-0.2, 0) is 0 Å². The van der Waals surface area contributed by atoms with Crippen molar-refractivity contribution in [2.45, 2.75) is 51.5 Å². The van der Waals surface area contributed by atoms with Gasteiger partial charge in [-0.25, -0.2) is 4.98 Å². The van der Waals surface area contributed by atoms with Crippen LogP contribution in [0.4, 0.5) is 0 Å². The van der Waals surface area contributed by atoms with E-state index in [9.17, 15) is 0 Å². The van der Waals surface area contributed by atoms with Crippen LogP contribution in [0.1, 0.15) is 54.0 Å². The molecule has 1 unspecified atom stereocenters. The molecule has 1 aliphatic carbocycles. The van der Waals surface area contributed by atoms with Crippen LogP contribution < -0.4 is 5.73 Å². The standard InChI is InChI=1S/C21H27N5.2H2/c1-13(2)11-15-12-14(8-9-17(15)22)18-6-3-7-19(24-18)20-16-5-4-10-23-21(16)26-25-20;;/h3-7,10,13-15,17H,8-9,11-12,22H2,1-2H3,(H,23,25,26);2*1H/t14?,15-,17+;;/m0../s1. The van der Waals surface area contributed by atoms with Gasteiger partial charge in [0.05, 0.1) is 11.4 Å². The Bertz CT molecular complexity index is 895. The summed E-state index contributed by atoms with van der Waals surface area (Å²) in [7, 11) is 0. The van der Waals surface area contributed by atoms with Gasteiger partial charge in [0, 0.05) is 32.1 Å². The van der Waals surface area contributed by atoms with Crippen molar-refractivity contribution in [3.05, 3.63) is 42.2 Å². The maximum atomic E-state index is 6.40. The third-order valence-corrected chi connectivity index (χ3v) is 5.59. The van der Waals surface area contributed by atoms with E-state index >= 15 is 0 Å². The van der Waals surface area contributed by atoms with Crippen molar-refractivity contribution in [1.82, 2.24) is 20.2 Å². The van der Waals surface area contributed by atoms with Crippen molar-refractivity contribution in [3.8, 4) is 11.4 Å². The average molecular weight is 354 g/mol. The number of aromatic nitrogens is 4. The first-order valence-electron chi connectivity index (χ1n) is 9.64. The van der Waals surface area contributed by atoms with Crippen LogP contribution in [0.2, 0.25) is 0 Å². The summed E-state index contributed by atoms with van der Waals surface area (Å²) in [5.74, 6) is 1.77. The van der Waals surface area contributed by atoms with Crippen LogP contribution in [0.5, 0.6) is 0 Å². The molecule has 0 aromatic carbocycles. The Morgan fingerprint density at radius 3 is 2.96 bits per heavy atom. The summed E-state index contributed by atoms with van der Waals surface area (Å²) in [5, 5.41) is 8.42. The van der Waals surface area contributed by atoms with Crippen molar-refractivity contribution >= 4 is 11.0 Å². The second-order valence-electron chi connectivity index (χ2n) is 7.98. The molecule has 26 heavy (non-hydrogen) atoms. The molecule has 0 radical (unpaired) electrons. The van der Waals surface area contributed by atoms with Crippen LogP contribution in [0.15, 0.2) is 36.5 Å². The monoisotopic (exact) mass is 353 g/mol. The number of H-pyrrole nitrogens is 1. The molecule has 1 aliphatic rings. The fraction of sp³-hybridized carbons (Fsp3) is 0.476. The summed E-state index contributed by atoms with van der Waals surface area (Å²) in [6.45, 7) is 4.57. The first-order valence-corrected chi connectivity index (χ1v) is 9.64. The lowest BCUT2D eigenvalue weighted by atomic mass is 9.74. The molecule has 140 valence electrons. The molecule has 1 fully saturated rings. The number of fused-ring (bicyclic) bond motifs is 1. The smallest absolute Gasteiger partial charge is 0.181 e. The molecule has 3 N–H and O–H groups in total. The van der Waals surface area contributed by atoms with Gasteiger partial charge in [-0.1, -0.05) is 19.9 Å². The normalized spacial score (nSPS) is 23.6. The molecule has 0 bridgehead atoms. The Morgan fingerprint density at radius 2 is 2.12 bits per heavy atom. The fourth-order valence-electron chi connectivity index (χ4n) is 4.30. The van der Waals surface area contributed by atoms with Gasteiger partial charge in [-0.15, -0.1) is 0 Å². The van der Waals surface area contributed by atoms with Crippen molar-refractivity contribution in [3.63, 3.8) is 0 Å². The van der Waals surface area contributed by atoms with Crippen molar-refractivity contribution < 1.29 is 2.85 Å². The van der Waals surface area contributed by atoms with Gasteiger partial charge >= 0.3 is 0 Å². The highest BCUT2D eigenvalue weighted by molar-refractivity contribution is 5.89. The third kappa shape index (κ3) is 3.36. The molecular weight excluding hydrogens is 322 g/mol. The molecule has 3 heterocycles. The molecule has 3 atom stereocenters. The molecule has 4 rings (SSSR count). The maximum Gasteiger partial charge on any atom is 0.181 e. The highest BCUT2D eigenvalue weighted by Gasteiger charge is 2.30. The number of nitrogens with two attached hydrogens (primary N) is 1. The van der Waals surface area contributed by atoms with Crippen LogP contribution in [-0.4, -0.2) is 26.2 Å². The lowest BCUT2D eigenvalue weighted by Crippen LogP contribution is -2.36. The van der Waals surface area contributed by atoms with Crippen molar-refractivity contribution in [2.75, 3.05) is 0 Å². The largest absolute Gasteiger partial charge is 0.327 e. The van der Waals surface area contributed by atoms with Crippen molar-refractivity contribution in [1.29, 1.82) is 0 Å². The van der Waals surface area contributed by atoms with Gasteiger partial charge < -0.3 is 5.73 Å². The van der Waals surface area contributed by atoms with Gasteiger partial charge in [-0.2, -0.15) is 5.10 Å². The van der Waals surface area contributed by atoms with Gasteiger partial charge in [0.25, 0.3) is 0 Å². The van der Waals surface area contributed by atoms with E-state index in [0.717, 1.165) is 41.7 Å². The minimum atomic E-state index is 0. The Kier molecular flexibility index (Phi) is 4.72. The van der Waals surface area contributed by atoms with Crippen LogP contribution in [0.3, 0.4) is 0 Å². The summed E-state index contributed by atoms with van der Waals surface area (Å²) in [6, 6.07) is 10.6. The summed E-state index contributed by atoms with van der Waals surface area (Å²) in [6.07, 6.45) is 6.31. The highest BCUT2D eigenvalue weighted by atomic mass is 15.2. The van der Waals surface area contributed by atoms with Gasteiger partial charge in [-0.3, -0.25) is 10.1 Å². The number of rotatable bonds is 4. The van der Waals surface area contributed by atoms with E-state index in [4.69, 9.17) is 10.7 Å². The summed E-state index contributed by atoms with van der Waals surface area (Å²) < 4.78 is 0. The number of nitrogens with one attached hydrogen (secondary N) is 1. The van der Waals surface area contributed by atoms with Crippen LogP contribution >= 0.6 is 0 Å². The molecule has 5 nitrogen and oxygen atoms in total. The van der Waals surface area contributed by atoms with Gasteiger partial charge in [0.15, 0.2) is 5.65 Å². The number of hydrogen-bond donors (Lipinski definition) is 2. The molecule has 0 amide bonds. The molecule has 3 aromatic heterocycles. The molecule has 5 heteroatoms. The maximum absolute atomic E-state index is 6.40. The zero-order valence-corrected chi connectivity index (χ0v) is 15.5. The topological polar surface area (TPSA) is 80.5 Å². The molecule has 0 saturated heterocycles. The van der Waals surface area contributed by atoms with E-state index in [1.165, 1.54) is 12.1 Å². The SMILES string of the molecule is CC(C)C[C@H]1CC(c2cccc(-c3[nH]nc4ncccc34)n2)CC[C@H]1N.[HH].[HH]. The second kappa shape index (κ2) is 7.16. The Morgan fingerprint density at radius 1 is 1.23 bits per heavy atom. The van der Waals surface area contributed by atoms with Gasteiger partial charge in [0.2, 0.25) is 0 Å². The predicted molar refractivity (Wildman–Crippen MR) is 109 cm³/mol. The van der Waals surface area contributed by atoms with E-state index in [2.05, 4.69) is 41.2 Å². The summed E-state index contributed by atoms with van der Waals surface area (Å²) >= 11 is 0. The predicted octanol–water partition coefficient (Wildman–Crippen LogP) is 4.77. The Labute approximate surface area is 157 Å². The number of pyridine rings is 2. The average Bonchev–Trinajstić information content (AvgIpc) is 3.07. The van der Waals surface area contributed by atoms with Crippen molar-refractivity contribution in [2.24, 2.45) is 17.6 Å². The minimum absolute atomic E-state index is 0. The lowest BCUT2D eigenvalue weighted by molar-refractivity contribution is 0.240. The number of nitrogens with zero attached hydrogens (tertiary/aromatic N) is 3. The zero-order valence-electron chi connectivity index (χ0n) is 15.5. The molecule has 0 aliphatic heterocycles. The quantitative estimate of drug-likeness (QED) is 0.708. The Hall–Kier alpha value is -2.27. The van der Waals surface area contributed by atoms with Gasteiger partial charge in [-0.05, 0) is 61.8 Å². The fourth-order valence-corrected chi connectivity index (χ4v) is 4.30. The summed E-state index contributed by atoms with van der Waals surface area (Å²) in [4.78, 5) is 9.29. The van der Waals surface area contributed by atoms with E-state index in [1.807, 2.05) is 18.2 Å². The molecule has 0 spiro atoms. The second-order valence-corrected chi connectivity index (χ2v) is 7.98. The van der Waals surface area contributed by atoms with E-state index in [0.29, 0.717) is 23.8 Å². The summed E-state index contributed by atoms with van der Waals surface area (Å²) in [5.41, 5.74) is 10.2. The lowest BCUT2D eigenvalue weighted by Gasteiger charge is -2.35. The number of hydrogen-bond acceptors (Lipinski definition) is 4. The van der Waals surface area contributed by atoms with Crippen LogP contribution in [0.25, 0.3) is 22.4 Å². The number of aromatic amines is 1. The highest BCUT2D eigenvalue weighted by Crippen LogP contribution is 2.38. The van der Waals surface area contributed by atoms with E-state index in [-0.39, 0.29) is 2.85 Å². The zero-order chi connectivity index (χ0) is 18.1. The van der Waals surface area contributed by atoms with E-state index in [1.54, 1.807) is 6.20 Å².